The molecule has 1 aliphatic heterocycles. The van der Waals surface area contributed by atoms with E-state index >= 15 is 0 Å². The lowest BCUT2D eigenvalue weighted by molar-refractivity contribution is 0.436. The van der Waals surface area contributed by atoms with Crippen molar-refractivity contribution in [2.45, 2.75) is 26.3 Å². The Kier molecular flexibility index (Phi) is 3.85. The molecule has 1 saturated heterocycles. The Morgan fingerprint density at radius 2 is 2.20 bits per heavy atom. The summed E-state index contributed by atoms with van der Waals surface area (Å²) in [6.07, 6.45) is 5.77. The molecule has 3 rings (SSSR count). The van der Waals surface area contributed by atoms with Crippen LogP contribution in [-0.4, -0.2) is 23.1 Å². The van der Waals surface area contributed by atoms with Crippen LogP contribution in [0.15, 0.2) is 35.2 Å². The molecule has 0 aliphatic carbocycles. The van der Waals surface area contributed by atoms with Crippen LogP contribution < -0.4 is 10.2 Å². The zero-order chi connectivity index (χ0) is 13.8. The van der Waals surface area contributed by atoms with Crippen LogP contribution in [-0.2, 0) is 6.54 Å². The minimum atomic E-state index is 0.639. The van der Waals surface area contributed by atoms with E-state index in [1.807, 2.05) is 18.2 Å². The van der Waals surface area contributed by atoms with Gasteiger partial charge in [-0.05, 0) is 30.9 Å². The van der Waals surface area contributed by atoms with Gasteiger partial charge in [-0.1, -0.05) is 6.92 Å². The average molecular weight is 272 g/mol. The van der Waals surface area contributed by atoms with Gasteiger partial charge in [0.15, 0.2) is 0 Å². The van der Waals surface area contributed by atoms with E-state index in [1.54, 1.807) is 12.6 Å². The molecule has 1 aliphatic rings. The molecule has 5 nitrogen and oxygen atoms in total. The number of hydrogen-bond donors (Lipinski definition) is 1. The summed E-state index contributed by atoms with van der Waals surface area (Å²) in [5.41, 5.74) is 0. The molecule has 20 heavy (non-hydrogen) atoms. The maximum absolute atomic E-state index is 5.30. The van der Waals surface area contributed by atoms with E-state index in [9.17, 15) is 0 Å². The number of piperidine rings is 1. The standard InChI is InChI=1S/C15H20N4O/c1-12-4-6-19(7-5-12)15-9-14(17-11-18-15)16-10-13-3-2-8-20-13/h2-3,8-9,11-12H,4-7,10H2,1H3,(H,16,17,18). The molecule has 0 aromatic carbocycles. The van der Waals surface area contributed by atoms with Gasteiger partial charge in [0.1, 0.15) is 23.7 Å². The van der Waals surface area contributed by atoms with Crippen LogP contribution >= 0.6 is 0 Å². The van der Waals surface area contributed by atoms with E-state index in [4.69, 9.17) is 4.42 Å². The molecule has 0 bridgehead atoms. The van der Waals surface area contributed by atoms with Crippen molar-refractivity contribution in [3.05, 3.63) is 36.5 Å². The third-order valence-electron chi connectivity index (χ3n) is 3.78. The second-order valence-electron chi connectivity index (χ2n) is 5.36. The Morgan fingerprint density at radius 3 is 2.95 bits per heavy atom. The first kappa shape index (κ1) is 13.0. The summed E-state index contributed by atoms with van der Waals surface area (Å²) in [6, 6.07) is 5.84. The van der Waals surface area contributed by atoms with E-state index in [1.165, 1.54) is 12.8 Å². The molecule has 0 saturated carbocycles. The molecular weight excluding hydrogens is 252 g/mol. The summed E-state index contributed by atoms with van der Waals surface area (Å²) >= 11 is 0. The maximum atomic E-state index is 5.30. The average Bonchev–Trinajstić information content (AvgIpc) is 3.00. The highest BCUT2D eigenvalue weighted by Gasteiger charge is 2.17. The SMILES string of the molecule is CC1CCN(c2cc(NCc3ccco3)ncn2)CC1. The normalized spacial score (nSPS) is 16.4. The molecule has 0 unspecified atom stereocenters. The number of hydrogen-bond acceptors (Lipinski definition) is 5. The van der Waals surface area contributed by atoms with Gasteiger partial charge in [-0.3, -0.25) is 0 Å². The molecule has 2 aromatic rings. The van der Waals surface area contributed by atoms with Gasteiger partial charge in [0, 0.05) is 19.2 Å². The summed E-state index contributed by atoms with van der Waals surface area (Å²) < 4.78 is 5.30. The van der Waals surface area contributed by atoms with Gasteiger partial charge in [0.25, 0.3) is 0 Å². The van der Waals surface area contributed by atoms with E-state index in [2.05, 4.69) is 27.1 Å². The monoisotopic (exact) mass is 272 g/mol. The molecule has 0 spiro atoms. The molecule has 106 valence electrons. The fourth-order valence-corrected chi connectivity index (χ4v) is 2.45. The lowest BCUT2D eigenvalue weighted by Gasteiger charge is -2.31. The molecule has 3 heterocycles. The van der Waals surface area contributed by atoms with Gasteiger partial charge in [-0.2, -0.15) is 0 Å². The number of nitrogens with one attached hydrogen (secondary N) is 1. The highest BCUT2D eigenvalue weighted by atomic mass is 16.3. The fraction of sp³-hybridized carbons (Fsp3) is 0.467. The smallest absolute Gasteiger partial charge is 0.134 e. The molecule has 0 radical (unpaired) electrons. The third-order valence-corrected chi connectivity index (χ3v) is 3.78. The molecule has 0 amide bonds. The number of nitrogens with zero attached hydrogens (tertiary/aromatic N) is 3. The summed E-state index contributed by atoms with van der Waals surface area (Å²) in [7, 11) is 0. The van der Waals surface area contributed by atoms with Gasteiger partial charge in [-0.25, -0.2) is 9.97 Å². The summed E-state index contributed by atoms with van der Waals surface area (Å²) in [5, 5.41) is 3.26. The maximum Gasteiger partial charge on any atom is 0.134 e. The summed E-state index contributed by atoms with van der Waals surface area (Å²) in [4.78, 5) is 11.0. The molecule has 2 aromatic heterocycles. The Labute approximate surface area is 119 Å². The van der Waals surface area contributed by atoms with Crippen molar-refractivity contribution in [1.82, 2.24) is 9.97 Å². The van der Waals surface area contributed by atoms with Gasteiger partial charge in [0.2, 0.25) is 0 Å². The second kappa shape index (κ2) is 5.94. The van der Waals surface area contributed by atoms with Crippen LogP contribution in [0.4, 0.5) is 11.6 Å². The third kappa shape index (κ3) is 3.10. The van der Waals surface area contributed by atoms with Crippen molar-refractivity contribution in [3.63, 3.8) is 0 Å². The van der Waals surface area contributed by atoms with Crippen LogP contribution in [0.25, 0.3) is 0 Å². The highest BCUT2D eigenvalue weighted by molar-refractivity contribution is 5.48. The summed E-state index contributed by atoms with van der Waals surface area (Å²) in [6.45, 7) is 5.11. The van der Waals surface area contributed by atoms with Crippen LogP contribution in [0.5, 0.6) is 0 Å². The lowest BCUT2D eigenvalue weighted by atomic mass is 9.99. The second-order valence-corrected chi connectivity index (χ2v) is 5.36. The highest BCUT2D eigenvalue weighted by Crippen LogP contribution is 2.22. The van der Waals surface area contributed by atoms with Crippen molar-refractivity contribution in [2.75, 3.05) is 23.3 Å². The first-order valence-corrected chi connectivity index (χ1v) is 7.14. The van der Waals surface area contributed by atoms with E-state index in [-0.39, 0.29) is 0 Å². The minimum absolute atomic E-state index is 0.639. The van der Waals surface area contributed by atoms with E-state index in [0.29, 0.717) is 6.54 Å². The zero-order valence-corrected chi connectivity index (χ0v) is 11.7. The molecule has 1 fully saturated rings. The largest absolute Gasteiger partial charge is 0.467 e. The Morgan fingerprint density at radius 1 is 1.35 bits per heavy atom. The molecular formula is C15H20N4O. The topological polar surface area (TPSA) is 54.2 Å². The quantitative estimate of drug-likeness (QED) is 0.927. The first-order chi connectivity index (χ1) is 9.81. The zero-order valence-electron chi connectivity index (χ0n) is 11.7. The number of rotatable bonds is 4. The Balaban J connectivity index is 1.63. The minimum Gasteiger partial charge on any atom is -0.467 e. The van der Waals surface area contributed by atoms with Crippen molar-refractivity contribution < 1.29 is 4.42 Å². The predicted molar refractivity (Wildman–Crippen MR) is 78.7 cm³/mol. The molecule has 0 atom stereocenters. The number of aromatic nitrogens is 2. The van der Waals surface area contributed by atoms with Crippen LogP contribution in [0.2, 0.25) is 0 Å². The summed E-state index contributed by atoms with van der Waals surface area (Å²) in [5.74, 6) is 3.57. The lowest BCUT2D eigenvalue weighted by Crippen LogP contribution is -2.33. The predicted octanol–water partition coefficient (Wildman–Crippen LogP) is 2.92. The van der Waals surface area contributed by atoms with Crippen LogP contribution in [0, 0.1) is 5.92 Å². The first-order valence-electron chi connectivity index (χ1n) is 7.14. The fourth-order valence-electron chi connectivity index (χ4n) is 2.45. The van der Waals surface area contributed by atoms with Gasteiger partial charge < -0.3 is 14.6 Å². The number of anilines is 2. The van der Waals surface area contributed by atoms with Crippen LogP contribution in [0.1, 0.15) is 25.5 Å². The Hall–Kier alpha value is -2.04. The van der Waals surface area contributed by atoms with Crippen LogP contribution in [0.3, 0.4) is 0 Å². The Bertz CT molecular complexity index is 533. The van der Waals surface area contributed by atoms with Gasteiger partial charge >= 0.3 is 0 Å². The molecule has 5 heteroatoms. The van der Waals surface area contributed by atoms with Gasteiger partial charge in [0.05, 0.1) is 12.8 Å². The van der Waals surface area contributed by atoms with E-state index < -0.39 is 0 Å². The van der Waals surface area contributed by atoms with Crippen molar-refractivity contribution >= 4 is 11.6 Å². The van der Waals surface area contributed by atoms with Crippen molar-refractivity contribution in [2.24, 2.45) is 5.92 Å². The van der Waals surface area contributed by atoms with E-state index in [0.717, 1.165) is 36.4 Å². The molecule has 1 N–H and O–H groups in total. The van der Waals surface area contributed by atoms with Crippen molar-refractivity contribution in [1.29, 1.82) is 0 Å². The van der Waals surface area contributed by atoms with Crippen molar-refractivity contribution in [3.8, 4) is 0 Å². The van der Waals surface area contributed by atoms with Gasteiger partial charge in [-0.15, -0.1) is 0 Å². The number of furan rings is 1.